The lowest BCUT2D eigenvalue weighted by Crippen LogP contribution is -2.39. The second kappa shape index (κ2) is 7.77. The van der Waals surface area contributed by atoms with Crippen LogP contribution in [0.4, 0.5) is 4.39 Å². The smallest absolute Gasteiger partial charge is 0.193 e. The predicted octanol–water partition coefficient (Wildman–Crippen LogP) is 2.88. The minimum absolute atomic E-state index is 0.200. The average Bonchev–Trinajstić information content (AvgIpc) is 2.34. The Morgan fingerprint density at radius 2 is 2.16 bits per heavy atom. The fourth-order valence-electron chi connectivity index (χ4n) is 1.84. The highest BCUT2D eigenvalue weighted by atomic mass is 19.1. The molecule has 1 rings (SSSR count). The first kappa shape index (κ1) is 15.5. The molecule has 0 fully saturated rings. The third-order valence-corrected chi connectivity index (χ3v) is 2.89. The molecule has 1 aromatic rings. The lowest BCUT2D eigenvalue weighted by molar-refractivity contribution is 0.467. The molecule has 0 aromatic heterocycles. The van der Waals surface area contributed by atoms with Crippen molar-refractivity contribution in [3.8, 4) is 0 Å². The van der Waals surface area contributed by atoms with Crippen LogP contribution in [0.25, 0.3) is 0 Å². The summed E-state index contributed by atoms with van der Waals surface area (Å²) in [4.78, 5) is 6.24. The molecule has 0 heterocycles. The molecule has 0 radical (unpaired) electrons. The van der Waals surface area contributed by atoms with Crippen molar-refractivity contribution in [2.24, 2.45) is 10.9 Å². The molecule has 0 aliphatic rings. The summed E-state index contributed by atoms with van der Waals surface area (Å²) < 4.78 is 13.1. The van der Waals surface area contributed by atoms with Crippen molar-refractivity contribution >= 4 is 5.96 Å². The van der Waals surface area contributed by atoms with E-state index in [1.54, 1.807) is 19.2 Å². The highest BCUT2D eigenvalue weighted by Crippen LogP contribution is 2.06. The molecular formula is C15H24FN3. The molecule has 0 amide bonds. The van der Waals surface area contributed by atoms with Crippen molar-refractivity contribution in [2.45, 2.75) is 26.8 Å². The zero-order valence-electron chi connectivity index (χ0n) is 12.3. The van der Waals surface area contributed by atoms with Crippen molar-refractivity contribution in [2.75, 3.05) is 20.6 Å². The summed E-state index contributed by atoms with van der Waals surface area (Å²) in [5, 5.41) is 3.32. The number of guanidine groups is 1. The molecule has 0 saturated carbocycles. The third-order valence-electron chi connectivity index (χ3n) is 2.89. The molecule has 0 saturated heterocycles. The van der Waals surface area contributed by atoms with E-state index in [1.807, 2.05) is 18.0 Å². The van der Waals surface area contributed by atoms with Crippen LogP contribution in [0.1, 0.15) is 25.8 Å². The molecule has 0 aliphatic carbocycles. The monoisotopic (exact) mass is 265 g/mol. The zero-order chi connectivity index (χ0) is 14.3. The fraction of sp³-hybridized carbons (Fsp3) is 0.533. The molecule has 0 bridgehead atoms. The van der Waals surface area contributed by atoms with E-state index < -0.39 is 0 Å². The fourth-order valence-corrected chi connectivity index (χ4v) is 1.84. The molecule has 1 N–H and O–H groups in total. The van der Waals surface area contributed by atoms with Gasteiger partial charge in [0.25, 0.3) is 0 Å². The summed E-state index contributed by atoms with van der Waals surface area (Å²) in [6.45, 7) is 5.93. The van der Waals surface area contributed by atoms with E-state index in [2.05, 4.69) is 24.2 Å². The minimum atomic E-state index is -0.200. The summed E-state index contributed by atoms with van der Waals surface area (Å²) >= 11 is 0. The van der Waals surface area contributed by atoms with Gasteiger partial charge in [0.1, 0.15) is 5.82 Å². The number of halogens is 1. The first-order valence-corrected chi connectivity index (χ1v) is 6.69. The van der Waals surface area contributed by atoms with Crippen molar-refractivity contribution < 1.29 is 4.39 Å². The standard InChI is InChI=1S/C15H24FN3/c1-12(2)8-9-18-15(17-3)19(4)11-13-6-5-7-14(16)10-13/h5-7,10,12H,8-9,11H2,1-4H3,(H,17,18). The SMILES string of the molecule is CN=C(NCCC(C)C)N(C)Cc1cccc(F)c1. The predicted molar refractivity (Wildman–Crippen MR) is 78.7 cm³/mol. The van der Waals surface area contributed by atoms with E-state index in [1.165, 1.54) is 6.07 Å². The molecule has 0 unspecified atom stereocenters. The van der Waals surface area contributed by atoms with Gasteiger partial charge in [-0.25, -0.2) is 4.39 Å². The Morgan fingerprint density at radius 3 is 2.74 bits per heavy atom. The summed E-state index contributed by atoms with van der Waals surface area (Å²) in [5.41, 5.74) is 0.939. The topological polar surface area (TPSA) is 27.6 Å². The van der Waals surface area contributed by atoms with Crippen LogP contribution in [0.3, 0.4) is 0 Å². The Kier molecular flexibility index (Phi) is 6.33. The van der Waals surface area contributed by atoms with E-state index >= 15 is 0 Å². The van der Waals surface area contributed by atoms with Gasteiger partial charge in [-0.3, -0.25) is 4.99 Å². The third kappa shape index (κ3) is 5.73. The second-order valence-corrected chi connectivity index (χ2v) is 5.14. The molecule has 3 nitrogen and oxygen atoms in total. The van der Waals surface area contributed by atoms with Gasteiger partial charge in [0.15, 0.2) is 5.96 Å². The molecule has 0 aliphatic heterocycles. The van der Waals surface area contributed by atoms with Gasteiger partial charge >= 0.3 is 0 Å². The van der Waals surface area contributed by atoms with Crippen molar-refractivity contribution in [1.29, 1.82) is 0 Å². The Bertz CT molecular complexity index is 416. The van der Waals surface area contributed by atoms with Gasteiger partial charge in [-0.1, -0.05) is 26.0 Å². The highest BCUT2D eigenvalue weighted by Gasteiger charge is 2.07. The first-order valence-electron chi connectivity index (χ1n) is 6.69. The van der Waals surface area contributed by atoms with Crippen LogP contribution in [-0.4, -0.2) is 31.5 Å². The Hall–Kier alpha value is -1.58. The van der Waals surface area contributed by atoms with Crippen LogP contribution in [0, 0.1) is 11.7 Å². The number of hydrogen-bond acceptors (Lipinski definition) is 1. The first-order chi connectivity index (χ1) is 9.02. The number of aliphatic imine (C=N–C) groups is 1. The number of nitrogens with one attached hydrogen (secondary N) is 1. The normalized spacial score (nSPS) is 11.8. The van der Waals surface area contributed by atoms with Crippen LogP contribution < -0.4 is 5.32 Å². The van der Waals surface area contributed by atoms with E-state index in [0.717, 1.165) is 24.5 Å². The van der Waals surface area contributed by atoms with Gasteiger partial charge < -0.3 is 10.2 Å². The largest absolute Gasteiger partial charge is 0.356 e. The quantitative estimate of drug-likeness (QED) is 0.655. The zero-order valence-corrected chi connectivity index (χ0v) is 12.3. The van der Waals surface area contributed by atoms with Crippen molar-refractivity contribution in [3.63, 3.8) is 0 Å². The van der Waals surface area contributed by atoms with Gasteiger partial charge in [-0.05, 0) is 30.0 Å². The average molecular weight is 265 g/mol. The van der Waals surface area contributed by atoms with E-state index in [4.69, 9.17) is 0 Å². The van der Waals surface area contributed by atoms with Crippen LogP contribution in [0.15, 0.2) is 29.3 Å². The van der Waals surface area contributed by atoms with Crippen LogP contribution in [0.2, 0.25) is 0 Å². The highest BCUT2D eigenvalue weighted by molar-refractivity contribution is 5.79. The molecular weight excluding hydrogens is 241 g/mol. The number of rotatable bonds is 5. The molecule has 0 spiro atoms. The molecule has 19 heavy (non-hydrogen) atoms. The maximum absolute atomic E-state index is 13.1. The van der Waals surface area contributed by atoms with E-state index in [-0.39, 0.29) is 5.82 Å². The number of hydrogen-bond donors (Lipinski definition) is 1. The van der Waals surface area contributed by atoms with Crippen LogP contribution in [-0.2, 0) is 6.54 Å². The molecule has 1 aromatic carbocycles. The second-order valence-electron chi connectivity index (χ2n) is 5.14. The summed E-state index contributed by atoms with van der Waals surface area (Å²) in [7, 11) is 3.72. The van der Waals surface area contributed by atoms with Gasteiger partial charge in [0.2, 0.25) is 0 Å². The minimum Gasteiger partial charge on any atom is -0.356 e. The summed E-state index contributed by atoms with van der Waals surface area (Å²) in [6.07, 6.45) is 1.10. The Labute approximate surface area is 115 Å². The van der Waals surface area contributed by atoms with E-state index in [9.17, 15) is 4.39 Å². The number of nitrogens with zero attached hydrogens (tertiary/aromatic N) is 2. The Morgan fingerprint density at radius 1 is 1.42 bits per heavy atom. The maximum Gasteiger partial charge on any atom is 0.193 e. The molecule has 0 atom stereocenters. The van der Waals surface area contributed by atoms with Gasteiger partial charge in [-0.15, -0.1) is 0 Å². The van der Waals surface area contributed by atoms with Crippen LogP contribution in [0.5, 0.6) is 0 Å². The molecule has 106 valence electrons. The summed E-state index contributed by atoms with van der Waals surface area (Å²) in [6, 6.07) is 6.66. The lowest BCUT2D eigenvalue weighted by atomic mass is 10.1. The lowest BCUT2D eigenvalue weighted by Gasteiger charge is -2.22. The van der Waals surface area contributed by atoms with Gasteiger partial charge in [-0.2, -0.15) is 0 Å². The van der Waals surface area contributed by atoms with E-state index in [0.29, 0.717) is 12.5 Å². The maximum atomic E-state index is 13.1. The summed E-state index contributed by atoms with van der Waals surface area (Å²) in [5.74, 6) is 1.30. The van der Waals surface area contributed by atoms with Gasteiger partial charge in [0.05, 0.1) is 0 Å². The Balaban J connectivity index is 2.52. The van der Waals surface area contributed by atoms with Crippen molar-refractivity contribution in [1.82, 2.24) is 10.2 Å². The van der Waals surface area contributed by atoms with Gasteiger partial charge in [0, 0.05) is 27.2 Å². The van der Waals surface area contributed by atoms with Crippen molar-refractivity contribution in [3.05, 3.63) is 35.6 Å². The number of benzene rings is 1. The van der Waals surface area contributed by atoms with Crippen LogP contribution >= 0.6 is 0 Å². The molecule has 4 heteroatoms.